The number of hydrogen-bond donors (Lipinski definition) is 5. The molecule has 0 bridgehead atoms. The lowest BCUT2D eigenvalue weighted by Crippen LogP contribution is -2.38. The summed E-state index contributed by atoms with van der Waals surface area (Å²) in [6, 6.07) is 0. The first kappa shape index (κ1) is 26.0. The molecule has 0 saturated heterocycles. The largest absolute Gasteiger partial charge is 0.395 e. The molecule has 0 aromatic heterocycles. The maximum absolute atomic E-state index is 12.7. The standard InChI is InChI=1S/C15H17ClI3N3O6/c16-3-7(26)22(1-2-23)13-11(18)8(14(20)27)10(17)9(12(13)19)15(28)21-4-6(25)5-24/h6,23-25H,1-5H2,(H2,20,27)(H,21,28). The molecule has 1 aromatic carbocycles. The van der Waals surface area contributed by atoms with E-state index in [4.69, 9.17) is 22.4 Å². The van der Waals surface area contributed by atoms with E-state index in [9.17, 15) is 24.6 Å². The fourth-order valence-corrected chi connectivity index (χ4v) is 7.11. The zero-order valence-electron chi connectivity index (χ0n) is 14.2. The number of benzene rings is 1. The molecule has 9 nitrogen and oxygen atoms in total. The van der Waals surface area contributed by atoms with Gasteiger partial charge in [-0.15, -0.1) is 11.6 Å². The van der Waals surface area contributed by atoms with Crippen LogP contribution in [0.3, 0.4) is 0 Å². The van der Waals surface area contributed by atoms with E-state index < -0.39 is 30.4 Å². The number of nitrogens with one attached hydrogen (secondary N) is 1. The Morgan fingerprint density at radius 3 is 2.14 bits per heavy atom. The van der Waals surface area contributed by atoms with Gasteiger partial charge in [-0.1, -0.05) is 0 Å². The van der Waals surface area contributed by atoms with Crippen molar-refractivity contribution in [1.29, 1.82) is 0 Å². The van der Waals surface area contributed by atoms with Gasteiger partial charge in [0.25, 0.3) is 11.8 Å². The molecule has 0 heterocycles. The molecule has 1 aromatic rings. The minimum atomic E-state index is -1.15. The van der Waals surface area contributed by atoms with Crippen LogP contribution in [0.4, 0.5) is 5.69 Å². The summed E-state index contributed by atoms with van der Waals surface area (Å²) in [6.45, 7) is -1.21. The fraction of sp³-hybridized carbons (Fsp3) is 0.400. The van der Waals surface area contributed by atoms with Crippen molar-refractivity contribution in [2.45, 2.75) is 6.10 Å². The van der Waals surface area contributed by atoms with E-state index in [1.54, 1.807) is 0 Å². The Hall–Kier alpha value is -0.0100. The minimum absolute atomic E-state index is 0.0507. The summed E-state index contributed by atoms with van der Waals surface area (Å²) in [4.78, 5) is 38.3. The van der Waals surface area contributed by atoms with Gasteiger partial charge in [-0.25, -0.2) is 0 Å². The Kier molecular flexibility index (Phi) is 11.1. The summed E-state index contributed by atoms with van der Waals surface area (Å²) in [5, 5.41) is 30.2. The lowest BCUT2D eigenvalue weighted by atomic mass is 10.1. The highest BCUT2D eigenvalue weighted by atomic mass is 127. The van der Waals surface area contributed by atoms with Gasteiger partial charge in [0.2, 0.25) is 5.91 Å². The van der Waals surface area contributed by atoms with E-state index in [0.29, 0.717) is 7.14 Å². The number of amides is 3. The molecule has 0 aliphatic heterocycles. The molecule has 0 spiro atoms. The molecule has 1 unspecified atom stereocenters. The highest BCUT2D eigenvalue weighted by Gasteiger charge is 2.31. The van der Waals surface area contributed by atoms with Crippen LogP contribution in [0.15, 0.2) is 0 Å². The lowest BCUT2D eigenvalue weighted by molar-refractivity contribution is -0.116. The predicted octanol–water partition coefficient (Wildman–Crippen LogP) is 0.246. The highest BCUT2D eigenvalue weighted by Crippen LogP contribution is 2.38. The molecule has 6 N–H and O–H groups in total. The van der Waals surface area contributed by atoms with Crippen molar-refractivity contribution in [2.24, 2.45) is 5.73 Å². The molecule has 13 heteroatoms. The third-order valence-electron chi connectivity index (χ3n) is 3.49. The molecule has 1 atom stereocenters. The van der Waals surface area contributed by atoms with Crippen molar-refractivity contribution >= 4 is 103 Å². The smallest absolute Gasteiger partial charge is 0.253 e. The Balaban J connectivity index is 3.69. The Morgan fingerprint density at radius 1 is 1.11 bits per heavy atom. The quantitative estimate of drug-likeness (QED) is 0.180. The summed E-state index contributed by atoms with van der Waals surface area (Å²) in [5.74, 6) is -2.30. The highest BCUT2D eigenvalue weighted by molar-refractivity contribution is 14.1. The van der Waals surface area contributed by atoms with Gasteiger partial charge in [-0.2, -0.15) is 0 Å². The van der Waals surface area contributed by atoms with Gasteiger partial charge < -0.3 is 31.3 Å². The lowest BCUT2D eigenvalue weighted by Gasteiger charge is -2.27. The predicted molar refractivity (Wildman–Crippen MR) is 129 cm³/mol. The molecule has 156 valence electrons. The number of nitrogens with zero attached hydrogens (tertiary/aromatic N) is 1. The van der Waals surface area contributed by atoms with E-state index in [1.807, 2.05) is 67.8 Å². The summed E-state index contributed by atoms with van der Waals surface area (Å²) >= 11 is 11.2. The first-order valence-corrected chi connectivity index (χ1v) is 11.4. The number of primary amides is 1. The Bertz CT molecular complexity index is 780. The summed E-state index contributed by atoms with van der Waals surface area (Å²) in [7, 11) is 0. The number of rotatable bonds is 9. The van der Waals surface area contributed by atoms with Crippen LogP contribution in [-0.4, -0.2) is 71.3 Å². The second-order valence-electron chi connectivity index (χ2n) is 5.35. The zero-order chi connectivity index (χ0) is 21.6. The molecule has 0 aliphatic rings. The van der Waals surface area contributed by atoms with Crippen molar-refractivity contribution in [3.05, 3.63) is 21.8 Å². The van der Waals surface area contributed by atoms with Gasteiger partial charge in [0.05, 0.1) is 43.3 Å². The number of aliphatic hydroxyl groups is 3. The SMILES string of the molecule is NC(=O)c1c(I)c(C(=O)NCC(O)CO)c(I)c(N(CCO)C(=O)CCl)c1I. The first-order valence-electron chi connectivity index (χ1n) is 7.66. The second kappa shape index (κ2) is 12.0. The number of carbonyl (C=O) groups is 3. The molecular formula is C15H17ClI3N3O6. The van der Waals surface area contributed by atoms with Crippen molar-refractivity contribution in [1.82, 2.24) is 5.32 Å². The van der Waals surface area contributed by atoms with E-state index in [2.05, 4.69) is 5.32 Å². The molecule has 0 fully saturated rings. The van der Waals surface area contributed by atoms with Crippen LogP contribution in [0.25, 0.3) is 0 Å². The molecule has 28 heavy (non-hydrogen) atoms. The normalized spacial score (nSPS) is 11.8. The van der Waals surface area contributed by atoms with Crippen LogP contribution in [0, 0.1) is 10.7 Å². The van der Waals surface area contributed by atoms with Gasteiger partial charge in [0.1, 0.15) is 5.88 Å². The fourth-order valence-electron chi connectivity index (χ4n) is 2.20. The topological polar surface area (TPSA) is 153 Å². The minimum Gasteiger partial charge on any atom is -0.395 e. The molecule has 3 amide bonds. The van der Waals surface area contributed by atoms with Crippen molar-refractivity contribution in [3.8, 4) is 0 Å². The number of anilines is 1. The molecule has 0 aliphatic carbocycles. The maximum Gasteiger partial charge on any atom is 0.253 e. The van der Waals surface area contributed by atoms with E-state index >= 15 is 0 Å². The zero-order valence-corrected chi connectivity index (χ0v) is 21.4. The van der Waals surface area contributed by atoms with Crippen molar-refractivity contribution in [3.63, 3.8) is 0 Å². The van der Waals surface area contributed by atoms with Crippen molar-refractivity contribution < 1.29 is 29.7 Å². The molecular weight excluding hydrogens is 734 g/mol. The third kappa shape index (κ3) is 6.00. The van der Waals surface area contributed by atoms with Gasteiger partial charge in [-0.05, 0) is 67.8 Å². The van der Waals surface area contributed by atoms with Gasteiger partial charge in [0, 0.05) is 16.7 Å². The van der Waals surface area contributed by atoms with E-state index in [1.165, 1.54) is 4.90 Å². The Labute approximate surface area is 206 Å². The first-order chi connectivity index (χ1) is 13.1. The van der Waals surface area contributed by atoms with Crippen LogP contribution in [0.5, 0.6) is 0 Å². The number of hydrogen-bond acceptors (Lipinski definition) is 6. The third-order valence-corrected chi connectivity index (χ3v) is 6.89. The monoisotopic (exact) mass is 751 g/mol. The van der Waals surface area contributed by atoms with Crippen LogP contribution in [-0.2, 0) is 4.79 Å². The number of carbonyl (C=O) groups excluding carboxylic acids is 3. The average Bonchev–Trinajstić information content (AvgIpc) is 2.64. The number of nitrogens with two attached hydrogens (primary N) is 1. The molecule has 0 radical (unpaired) electrons. The van der Waals surface area contributed by atoms with Crippen LogP contribution < -0.4 is 16.0 Å². The maximum atomic E-state index is 12.7. The number of alkyl halides is 1. The van der Waals surface area contributed by atoms with E-state index in [0.717, 1.165) is 0 Å². The van der Waals surface area contributed by atoms with Crippen LogP contribution >= 0.6 is 79.4 Å². The van der Waals surface area contributed by atoms with Gasteiger partial charge in [0.15, 0.2) is 0 Å². The summed E-state index contributed by atoms with van der Waals surface area (Å²) < 4.78 is 0.970. The summed E-state index contributed by atoms with van der Waals surface area (Å²) in [5.41, 5.74) is 5.87. The van der Waals surface area contributed by atoms with Crippen LogP contribution in [0.1, 0.15) is 20.7 Å². The second-order valence-corrected chi connectivity index (χ2v) is 8.86. The average molecular weight is 751 g/mol. The van der Waals surface area contributed by atoms with Gasteiger partial charge in [-0.3, -0.25) is 14.4 Å². The molecule has 0 saturated carbocycles. The molecule has 1 rings (SSSR count). The number of halogens is 4. The Morgan fingerprint density at radius 2 is 1.68 bits per heavy atom. The summed E-state index contributed by atoms with van der Waals surface area (Å²) in [6.07, 6.45) is -1.15. The van der Waals surface area contributed by atoms with E-state index in [-0.39, 0.29) is 46.0 Å². The number of aliphatic hydroxyl groups excluding tert-OH is 3. The van der Waals surface area contributed by atoms with Crippen LogP contribution in [0.2, 0.25) is 0 Å². The van der Waals surface area contributed by atoms with Crippen molar-refractivity contribution in [2.75, 3.05) is 37.1 Å². The van der Waals surface area contributed by atoms with Gasteiger partial charge >= 0.3 is 0 Å².